The van der Waals surface area contributed by atoms with Gasteiger partial charge in [-0.3, -0.25) is 0 Å². The number of carbonyl (C=O) groups is 1. The molecule has 0 N–H and O–H groups in total. The van der Waals surface area contributed by atoms with Crippen molar-refractivity contribution in [1.82, 2.24) is 0 Å². The van der Waals surface area contributed by atoms with Crippen LogP contribution in [0.5, 0.6) is 5.75 Å². The maximum atomic E-state index is 13.8. The molecule has 122 valence electrons. The van der Waals surface area contributed by atoms with Crippen LogP contribution >= 0.6 is 11.6 Å². The third-order valence-corrected chi connectivity index (χ3v) is 4.05. The number of esters is 1. The number of fused-ring (bicyclic) bond motifs is 1. The molecule has 0 aliphatic rings. The lowest BCUT2D eigenvalue weighted by Gasteiger charge is -2.11. The standard InChI is InChI=1S/C19H14ClFO3/c1-23-18-10-13-6-3-2-5-12(13)9-14(18)19(22)24-11-15-16(20)7-4-8-17(15)21/h2-10H,11H2,1H3. The molecule has 0 radical (unpaired) electrons. The Hall–Kier alpha value is -2.59. The predicted molar refractivity (Wildman–Crippen MR) is 91.0 cm³/mol. The lowest BCUT2D eigenvalue weighted by Crippen LogP contribution is -2.08. The van der Waals surface area contributed by atoms with Gasteiger partial charge in [-0.05, 0) is 35.0 Å². The van der Waals surface area contributed by atoms with E-state index in [-0.39, 0.29) is 22.8 Å². The molecule has 0 aliphatic carbocycles. The molecule has 3 aromatic carbocycles. The summed E-state index contributed by atoms with van der Waals surface area (Å²) >= 11 is 5.94. The first-order chi connectivity index (χ1) is 11.6. The van der Waals surface area contributed by atoms with Crippen molar-refractivity contribution in [2.75, 3.05) is 7.11 Å². The molecule has 0 heterocycles. The molecule has 0 unspecified atom stereocenters. The number of hydrogen-bond donors (Lipinski definition) is 0. The van der Waals surface area contributed by atoms with Crippen molar-refractivity contribution < 1.29 is 18.7 Å². The summed E-state index contributed by atoms with van der Waals surface area (Å²) in [6.45, 7) is -0.250. The molecule has 0 atom stereocenters. The second kappa shape index (κ2) is 6.89. The Morgan fingerprint density at radius 3 is 2.46 bits per heavy atom. The number of hydrogen-bond acceptors (Lipinski definition) is 3. The van der Waals surface area contributed by atoms with Crippen LogP contribution in [0, 0.1) is 5.82 Å². The number of methoxy groups -OCH3 is 1. The van der Waals surface area contributed by atoms with Gasteiger partial charge in [-0.15, -0.1) is 0 Å². The van der Waals surface area contributed by atoms with E-state index in [4.69, 9.17) is 21.1 Å². The normalized spacial score (nSPS) is 10.6. The van der Waals surface area contributed by atoms with Crippen LogP contribution in [0.2, 0.25) is 5.02 Å². The topological polar surface area (TPSA) is 35.5 Å². The van der Waals surface area contributed by atoms with E-state index in [0.29, 0.717) is 5.75 Å². The molecule has 3 aromatic rings. The lowest BCUT2D eigenvalue weighted by atomic mass is 10.1. The smallest absolute Gasteiger partial charge is 0.342 e. The first-order valence-electron chi connectivity index (χ1n) is 7.27. The number of rotatable bonds is 4. The van der Waals surface area contributed by atoms with Gasteiger partial charge < -0.3 is 9.47 Å². The summed E-state index contributed by atoms with van der Waals surface area (Å²) in [5.74, 6) is -0.712. The van der Waals surface area contributed by atoms with E-state index in [1.807, 2.05) is 24.3 Å². The fourth-order valence-corrected chi connectivity index (χ4v) is 2.65. The Morgan fingerprint density at radius 2 is 1.79 bits per heavy atom. The van der Waals surface area contributed by atoms with E-state index in [1.54, 1.807) is 18.2 Å². The zero-order valence-electron chi connectivity index (χ0n) is 12.9. The summed E-state index contributed by atoms with van der Waals surface area (Å²) in [6, 6.07) is 15.4. The molecule has 0 aliphatic heterocycles. The maximum Gasteiger partial charge on any atom is 0.342 e. The van der Waals surface area contributed by atoms with Gasteiger partial charge >= 0.3 is 5.97 Å². The van der Waals surface area contributed by atoms with Crippen molar-refractivity contribution in [3.63, 3.8) is 0 Å². The van der Waals surface area contributed by atoms with Crippen molar-refractivity contribution >= 4 is 28.3 Å². The predicted octanol–water partition coefficient (Wildman–Crippen LogP) is 5.00. The van der Waals surface area contributed by atoms with Crippen LogP contribution in [-0.2, 0) is 11.3 Å². The Labute approximate surface area is 143 Å². The Bertz CT molecular complexity index is 888. The fourth-order valence-electron chi connectivity index (χ4n) is 2.43. The van der Waals surface area contributed by atoms with Crippen LogP contribution in [0.3, 0.4) is 0 Å². The second-order valence-corrected chi connectivity index (χ2v) is 5.58. The fraction of sp³-hybridized carbons (Fsp3) is 0.105. The highest BCUT2D eigenvalue weighted by Gasteiger charge is 2.17. The van der Waals surface area contributed by atoms with Gasteiger partial charge in [0.15, 0.2) is 0 Å². The summed E-state index contributed by atoms with van der Waals surface area (Å²) in [5.41, 5.74) is 0.427. The molecule has 24 heavy (non-hydrogen) atoms. The highest BCUT2D eigenvalue weighted by molar-refractivity contribution is 6.31. The van der Waals surface area contributed by atoms with E-state index >= 15 is 0 Å². The van der Waals surface area contributed by atoms with Gasteiger partial charge in [0, 0.05) is 5.56 Å². The molecular formula is C19H14ClFO3. The zero-order chi connectivity index (χ0) is 17.1. The third-order valence-electron chi connectivity index (χ3n) is 3.70. The first kappa shape index (κ1) is 16.3. The highest BCUT2D eigenvalue weighted by atomic mass is 35.5. The van der Waals surface area contributed by atoms with Gasteiger partial charge in [-0.1, -0.05) is 41.9 Å². The minimum atomic E-state index is -0.600. The van der Waals surface area contributed by atoms with Crippen LogP contribution in [0.15, 0.2) is 54.6 Å². The maximum absolute atomic E-state index is 13.8. The van der Waals surface area contributed by atoms with Crippen molar-refractivity contribution in [3.05, 3.63) is 76.6 Å². The molecular weight excluding hydrogens is 331 g/mol. The van der Waals surface area contributed by atoms with Crippen molar-refractivity contribution in [1.29, 1.82) is 0 Å². The van der Waals surface area contributed by atoms with Gasteiger partial charge in [0.1, 0.15) is 23.7 Å². The van der Waals surface area contributed by atoms with Crippen LogP contribution in [0.1, 0.15) is 15.9 Å². The number of carbonyl (C=O) groups excluding carboxylic acids is 1. The molecule has 5 heteroatoms. The molecule has 0 saturated heterocycles. The molecule has 0 spiro atoms. The Balaban J connectivity index is 1.88. The molecule has 3 nitrogen and oxygen atoms in total. The molecule has 0 fully saturated rings. The first-order valence-corrected chi connectivity index (χ1v) is 7.64. The quantitative estimate of drug-likeness (QED) is 0.625. The largest absolute Gasteiger partial charge is 0.496 e. The molecule has 0 amide bonds. The number of halogens is 2. The minimum absolute atomic E-state index is 0.146. The molecule has 0 saturated carbocycles. The summed E-state index contributed by atoms with van der Waals surface area (Å²) in [7, 11) is 1.48. The van der Waals surface area contributed by atoms with Gasteiger partial charge in [0.25, 0.3) is 0 Å². The van der Waals surface area contributed by atoms with E-state index in [1.165, 1.54) is 19.2 Å². The third kappa shape index (κ3) is 3.19. The van der Waals surface area contributed by atoms with Crippen LogP contribution in [0.25, 0.3) is 10.8 Å². The van der Waals surface area contributed by atoms with Crippen LogP contribution in [-0.4, -0.2) is 13.1 Å². The average molecular weight is 345 g/mol. The van der Waals surface area contributed by atoms with E-state index in [2.05, 4.69) is 0 Å². The number of ether oxygens (including phenoxy) is 2. The van der Waals surface area contributed by atoms with Crippen molar-refractivity contribution in [2.24, 2.45) is 0 Å². The van der Waals surface area contributed by atoms with E-state index in [0.717, 1.165) is 10.8 Å². The van der Waals surface area contributed by atoms with E-state index in [9.17, 15) is 9.18 Å². The van der Waals surface area contributed by atoms with Gasteiger partial charge in [0.05, 0.1) is 12.1 Å². The summed E-state index contributed by atoms with van der Waals surface area (Å²) in [4.78, 5) is 12.4. The Morgan fingerprint density at radius 1 is 1.08 bits per heavy atom. The van der Waals surface area contributed by atoms with Crippen LogP contribution < -0.4 is 4.74 Å². The van der Waals surface area contributed by atoms with Crippen molar-refractivity contribution in [2.45, 2.75) is 6.61 Å². The average Bonchev–Trinajstić information content (AvgIpc) is 2.60. The van der Waals surface area contributed by atoms with Gasteiger partial charge in [-0.2, -0.15) is 0 Å². The van der Waals surface area contributed by atoms with Gasteiger partial charge in [-0.25, -0.2) is 9.18 Å². The molecule has 0 aromatic heterocycles. The highest BCUT2D eigenvalue weighted by Crippen LogP contribution is 2.27. The Kier molecular flexibility index (Phi) is 4.67. The zero-order valence-corrected chi connectivity index (χ0v) is 13.6. The van der Waals surface area contributed by atoms with Crippen molar-refractivity contribution in [3.8, 4) is 5.75 Å². The summed E-state index contributed by atoms with van der Waals surface area (Å²) in [6.07, 6.45) is 0. The second-order valence-electron chi connectivity index (χ2n) is 5.18. The number of benzene rings is 3. The summed E-state index contributed by atoms with van der Waals surface area (Å²) < 4.78 is 24.3. The minimum Gasteiger partial charge on any atom is -0.496 e. The molecule has 0 bridgehead atoms. The van der Waals surface area contributed by atoms with Gasteiger partial charge in [0.2, 0.25) is 0 Å². The summed E-state index contributed by atoms with van der Waals surface area (Å²) in [5, 5.41) is 2.05. The lowest BCUT2D eigenvalue weighted by molar-refractivity contribution is 0.0465. The van der Waals surface area contributed by atoms with E-state index < -0.39 is 11.8 Å². The van der Waals surface area contributed by atoms with Crippen LogP contribution in [0.4, 0.5) is 4.39 Å². The SMILES string of the molecule is COc1cc2ccccc2cc1C(=O)OCc1c(F)cccc1Cl. The molecule has 3 rings (SSSR count). The monoisotopic (exact) mass is 344 g/mol.